The second kappa shape index (κ2) is 3.34. The molecule has 1 rings (SSSR count). The van der Waals surface area contributed by atoms with Crippen LogP contribution in [0, 0.1) is 0 Å². The normalized spacial score (nSPS) is 9.27. The van der Waals surface area contributed by atoms with Crippen LogP contribution in [-0.2, 0) is 0 Å². The monoisotopic (exact) mass is 173 g/mol. The predicted octanol–water partition coefficient (Wildman–Crippen LogP) is 2.74. The van der Waals surface area contributed by atoms with Crippen LogP contribution < -0.4 is 5.12 Å². The van der Waals surface area contributed by atoms with E-state index >= 15 is 0 Å². The summed E-state index contributed by atoms with van der Waals surface area (Å²) in [7, 11) is 0. The lowest BCUT2D eigenvalue weighted by Gasteiger charge is -2.05. The summed E-state index contributed by atoms with van der Waals surface area (Å²) in [6.45, 7) is 0. The van der Waals surface area contributed by atoms with Gasteiger partial charge >= 0.3 is 5.37 Å². The molecule has 1 aromatic carbocycles. The summed E-state index contributed by atoms with van der Waals surface area (Å²) < 4.78 is 12.6. The topological polar surface area (TPSA) is 20.3 Å². The molecule has 0 bridgehead atoms. The third-order valence-corrected chi connectivity index (χ3v) is 1.29. The van der Waals surface area contributed by atoms with Crippen molar-refractivity contribution in [2.45, 2.75) is 0 Å². The first-order valence-corrected chi connectivity index (χ1v) is 3.30. The third-order valence-electron chi connectivity index (χ3n) is 1.14. The summed E-state index contributed by atoms with van der Waals surface area (Å²) in [5.74, 6) is 0. The predicted molar refractivity (Wildman–Crippen MR) is 41.3 cm³/mol. The Balaban J connectivity index is 2.85. The fourth-order valence-corrected chi connectivity index (χ4v) is 0.758. The molecule has 2 nitrogen and oxygen atoms in total. The first-order chi connectivity index (χ1) is 5.22. The van der Waals surface area contributed by atoms with Crippen molar-refractivity contribution in [2.24, 2.45) is 0 Å². The van der Waals surface area contributed by atoms with Crippen LogP contribution in [0.15, 0.2) is 30.3 Å². The highest BCUT2D eigenvalue weighted by atomic mass is 35.5. The van der Waals surface area contributed by atoms with E-state index in [4.69, 9.17) is 11.6 Å². The molecule has 58 valence electrons. The Labute approximate surface area is 68.1 Å². The number of carbonyl (C=O) groups excluding carboxylic acids is 1. The second-order valence-electron chi connectivity index (χ2n) is 1.87. The molecule has 0 heterocycles. The molecule has 0 aromatic heterocycles. The number of rotatable bonds is 1. The number of hydrogen-bond donors (Lipinski definition) is 0. The molecule has 0 aliphatic rings. The molecule has 0 fully saturated rings. The molecule has 0 saturated carbocycles. The Hall–Kier alpha value is -1.09. The van der Waals surface area contributed by atoms with E-state index in [0.29, 0.717) is 0 Å². The molecular formula is C7H5ClFNO. The number of carbonyl (C=O) groups is 1. The van der Waals surface area contributed by atoms with Crippen molar-refractivity contribution in [1.82, 2.24) is 0 Å². The van der Waals surface area contributed by atoms with Gasteiger partial charge in [0.1, 0.15) is 0 Å². The van der Waals surface area contributed by atoms with Crippen LogP contribution in [0.5, 0.6) is 0 Å². The van der Waals surface area contributed by atoms with Gasteiger partial charge in [-0.3, -0.25) is 4.79 Å². The van der Waals surface area contributed by atoms with Crippen molar-refractivity contribution in [3.63, 3.8) is 0 Å². The standard InChI is InChI=1S/C7H5ClFNO/c8-7(11)10(9)6-4-2-1-3-5-6/h1-5H. The van der Waals surface area contributed by atoms with E-state index in [1.807, 2.05) is 0 Å². The van der Waals surface area contributed by atoms with Crippen LogP contribution >= 0.6 is 11.6 Å². The number of hydrogen-bond acceptors (Lipinski definition) is 1. The molecule has 0 aliphatic heterocycles. The van der Waals surface area contributed by atoms with E-state index in [2.05, 4.69) is 0 Å². The quantitative estimate of drug-likeness (QED) is 0.363. The van der Waals surface area contributed by atoms with Crippen molar-refractivity contribution in [3.8, 4) is 0 Å². The maximum Gasteiger partial charge on any atom is 0.349 e. The highest BCUT2D eigenvalue weighted by molar-refractivity contribution is 6.65. The van der Waals surface area contributed by atoms with Gasteiger partial charge in [0, 0.05) is 0 Å². The Morgan fingerprint density at radius 3 is 2.36 bits per heavy atom. The van der Waals surface area contributed by atoms with E-state index < -0.39 is 5.37 Å². The van der Waals surface area contributed by atoms with Crippen molar-refractivity contribution in [3.05, 3.63) is 30.3 Å². The van der Waals surface area contributed by atoms with Gasteiger partial charge < -0.3 is 0 Å². The number of nitrogens with zero attached hydrogens (tertiary/aromatic N) is 1. The molecule has 4 heteroatoms. The molecule has 1 aromatic rings. The summed E-state index contributed by atoms with van der Waals surface area (Å²) in [5.41, 5.74) is 0.132. The second-order valence-corrected chi connectivity index (χ2v) is 2.19. The molecule has 0 aliphatic carbocycles. The van der Waals surface area contributed by atoms with Crippen LogP contribution in [0.25, 0.3) is 0 Å². The van der Waals surface area contributed by atoms with Gasteiger partial charge in [0.05, 0.1) is 5.69 Å². The van der Waals surface area contributed by atoms with Gasteiger partial charge in [0.2, 0.25) is 0 Å². The van der Waals surface area contributed by atoms with E-state index in [-0.39, 0.29) is 10.8 Å². The van der Waals surface area contributed by atoms with Crippen LogP contribution in [-0.4, -0.2) is 5.37 Å². The number of para-hydroxylation sites is 1. The largest absolute Gasteiger partial charge is 0.349 e. The minimum Gasteiger partial charge on any atom is -0.252 e. The maximum absolute atomic E-state index is 12.6. The van der Waals surface area contributed by atoms with E-state index in [1.165, 1.54) is 12.1 Å². The smallest absolute Gasteiger partial charge is 0.252 e. The number of benzene rings is 1. The molecule has 0 N–H and O–H groups in total. The first kappa shape index (κ1) is 8.01. The lowest BCUT2D eigenvalue weighted by molar-refractivity contribution is 0.253. The molecular weight excluding hydrogens is 169 g/mol. The van der Waals surface area contributed by atoms with Gasteiger partial charge in [0.25, 0.3) is 0 Å². The number of amides is 1. The number of anilines is 1. The van der Waals surface area contributed by atoms with Crippen molar-refractivity contribution < 1.29 is 9.28 Å². The Morgan fingerprint density at radius 1 is 1.36 bits per heavy atom. The maximum atomic E-state index is 12.6. The fourth-order valence-electron chi connectivity index (χ4n) is 0.660. The molecule has 0 saturated heterocycles. The zero-order valence-electron chi connectivity index (χ0n) is 5.50. The average Bonchev–Trinajstić information content (AvgIpc) is 2.05. The zero-order valence-corrected chi connectivity index (χ0v) is 6.25. The average molecular weight is 174 g/mol. The molecule has 1 amide bonds. The van der Waals surface area contributed by atoms with Gasteiger partial charge in [0.15, 0.2) is 0 Å². The third kappa shape index (κ3) is 1.91. The van der Waals surface area contributed by atoms with Crippen molar-refractivity contribution >= 4 is 22.7 Å². The molecule has 0 spiro atoms. The molecule has 0 radical (unpaired) electrons. The lowest BCUT2D eigenvalue weighted by atomic mass is 10.3. The Morgan fingerprint density at radius 2 is 1.91 bits per heavy atom. The Kier molecular flexibility index (Phi) is 2.44. The van der Waals surface area contributed by atoms with E-state index in [0.717, 1.165) is 0 Å². The SMILES string of the molecule is O=C(Cl)N(F)c1ccccc1. The minimum atomic E-state index is -1.14. The van der Waals surface area contributed by atoms with Gasteiger partial charge in [-0.1, -0.05) is 22.7 Å². The van der Waals surface area contributed by atoms with Crippen molar-refractivity contribution in [2.75, 3.05) is 5.12 Å². The van der Waals surface area contributed by atoms with Crippen LogP contribution in [0.3, 0.4) is 0 Å². The summed E-state index contributed by atoms with van der Waals surface area (Å²) in [6.07, 6.45) is 0. The fraction of sp³-hybridized carbons (Fsp3) is 0. The first-order valence-electron chi connectivity index (χ1n) is 2.92. The summed E-state index contributed by atoms with van der Waals surface area (Å²) in [6, 6.07) is 7.83. The van der Waals surface area contributed by atoms with Crippen LogP contribution in [0.4, 0.5) is 15.0 Å². The van der Waals surface area contributed by atoms with Gasteiger partial charge in [-0.2, -0.15) is 0 Å². The van der Waals surface area contributed by atoms with Crippen LogP contribution in [0.2, 0.25) is 0 Å². The van der Waals surface area contributed by atoms with Crippen LogP contribution in [0.1, 0.15) is 0 Å². The van der Waals surface area contributed by atoms with Gasteiger partial charge in [-0.25, -0.2) is 0 Å². The minimum absolute atomic E-state index is 0.123. The highest BCUT2D eigenvalue weighted by Gasteiger charge is 2.10. The van der Waals surface area contributed by atoms with Crippen molar-refractivity contribution in [1.29, 1.82) is 0 Å². The molecule has 0 unspecified atom stereocenters. The Bertz CT molecular complexity index is 252. The summed E-state index contributed by atoms with van der Waals surface area (Å²) >= 11 is 4.87. The molecule has 0 atom stereocenters. The van der Waals surface area contributed by atoms with Gasteiger partial charge in [-0.15, -0.1) is 5.12 Å². The number of halogens is 2. The van der Waals surface area contributed by atoms with E-state index in [1.54, 1.807) is 18.2 Å². The summed E-state index contributed by atoms with van der Waals surface area (Å²) in [5, 5.41) is -1.27. The van der Waals surface area contributed by atoms with E-state index in [9.17, 15) is 9.28 Å². The summed E-state index contributed by atoms with van der Waals surface area (Å²) in [4.78, 5) is 10.3. The molecule has 11 heavy (non-hydrogen) atoms. The highest BCUT2D eigenvalue weighted by Crippen LogP contribution is 2.14. The lowest BCUT2D eigenvalue weighted by Crippen LogP contribution is -2.13. The zero-order chi connectivity index (χ0) is 8.27. The van der Waals surface area contributed by atoms with Gasteiger partial charge in [-0.05, 0) is 23.7 Å².